The first-order valence-corrected chi connectivity index (χ1v) is 6.93. The van der Waals surface area contributed by atoms with E-state index in [1.807, 2.05) is 6.07 Å². The minimum atomic E-state index is -0.0169. The van der Waals surface area contributed by atoms with Gasteiger partial charge in [0, 0.05) is 16.2 Å². The Balaban J connectivity index is 3.09. The van der Waals surface area contributed by atoms with E-state index in [9.17, 15) is 0 Å². The summed E-state index contributed by atoms with van der Waals surface area (Å²) in [5.41, 5.74) is -0.0169. The quantitative estimate of drug-likeness (QED) is 0.567. The van der Waals surface area contributed by atoms with Crippen LogP contribution in [-0.2, 0) is 5.41 Å². The van der Waals surface area contributed by atoms with Crippen molar-refractivity contribution in [3.63, 3.8) is 0 Å². The molecule has 0 N–H and O–H groups in total. The van der Waals surface area contributed by atoms with Gasteiger partial charge in [-0.2, -0.15) is 0 Å². The number of hydrogen-bond donors (Lipinski definition) is 0. The third-order valence-corrected chi connectivity index (χ3v) is 3.19. The SMILES string of the molecule is CC(C)(C)Sc1cc(Br)nc(C(C)(C)C)n1. The van der Waals surface area contributed by atoms with Gasteiger partial charge in [0.2, 0.25) is 0 Å². The zero-order valence-corrected chi connectivity index (χ0v) is 13.2. The zero-order chi connectivity index (χ0) is 12.6. The highest BCUT2D eigenvalue weighted by atomic mass is 79.9. The van der Waals surface area contributed by atoms with Crippen molar-refractivity contribution in [2.45, 2.75) is 56.7 Å². The van der Waals surface area contributed by atoms with Gasteiger partial charge in [-0.05, 0) is 15.9 Å². The molecule has 0 aliphatic heterocycles. The molecular weight excluding hydrogens is 284 g/mol. The lowest BCUT2D eigenvalue weighted by molar-refractivity contribution is 0.536. The second-order valence-electron chi connectivity index (χ2n) is 5.82. The van der Waals surface area contributed by atoms with Crippen LogP contribution in [0.3, 0.4) is 0 Å². The van der Waals surface area contributed by atoms with Crippen LogP contribution in [0, 0.1) is 0 Å². The van der Waals surface area contributed by atoms with Crippen molar-refractivity contribution in [2.75, 3.05) is 0 Å². The average molecular weight is 303 g/mol. The van der Waals surface area contributed by atoms with Crippen LogP contribution in [0.1, 0.15) is 47.4 Å². The molecule has 0 unspecified atom stereocenters. The van der Waals surface area contributed by atoms with E-state index in [4.69, 9.17) is 0 Å². The molecule has 0 atom stereocenters. The van der Waals surface area contributed by atoms with Crippen molar-refractivity contribution in [3.05, 3.63) is 16.5 Å². The summed E-state index contributed by atoms with van der Waals surface area (Å²) in [5.74, 6) is 0.883. The first-order chi connectivity index (χ1) is 7.08. The van der Waals surface area contributed by atoms with Gasteiger partial charge in [-0.25, -0.2) is 9.97 Å². The first kappa shape index (κ1) is 14.0. The van der Waals surface area contributed by atoms with Crippen LogP contribution in [0.2, 0.25) is 0 Å². The molecule has 4 heteroatoms. The van der Waals surface area contributed by atoms with E-state index in [1.165, 1.54) is 0 Å². The maximum absolute atomic E-state index is 4.61. The van der Waals surface area contributed by atoms with Crippen LogP contribution in [0.15, 0.2) is 15.7 Å². The van der Waals surface area contributed by atoms with Gasteiger partial charge >= 0.3 is 0 Å². The lowest BCUT2D eigenvalue weighted by atomic mass is 9.96. The highest BCUT2D eigenvalue weighted by Gasteiger charge is 2.20. The van der Waals surface area contributed by atoms with Gasteiger partial charge in [0.15, 0.2) is 0 Å². The predicted molar refractivity (Wildman–Crippen MR) is 74.0 cm³/mol. The standard InChI is InChI=1S/C12H19BrN2S/c1-11(2,3)10-14-8(13)7-9(15-10)16-12(4,5)6/h7H,1-6H3. The fourth-order valence-corrected chi connectivity index (χ4v) is 2.56. The van der Waals surface area contributed by atoms with Crippen LogP contribution in [0.4, 0.5) is 0 Å². The Kier molecular flexibility index (Phi) is 4.06. The molecule has 0 aliphatic carbocycles. The van der Waals surface area contributed by atoms with Crippen molar-refractivity contribution in [3.8, 4) is 0 Å². The van der Waals surface area contributed by atoms with Crippen molar-refractivity contribution < 1.29 is 0 Å². The predicted octanol–water partition coefficient (Wildman–Crippen LogP) is 4.43. The summed E-state index contributed by atoms with van der Waals surface area (Å²) in [5, 5.41) is 1.03. The summed E-state index contributed by atoms with van der Waals surface area (Å²) in [6, 6.07) is 1.98. The molecule has 2 nitrogen and oxygen atoms in total. The molecule has 1 heterocycles. The molecule has 90 valence electrons. The molecule has 1 rings (SSSR count). The summed E-state index contributed by atoms with van der Waals surface area (Å²) < 4.78 is 1.03. The molecular formula is C12H19BrN2S. The number of rotatable bonds is 1. The zero-order valence-electron chi connectivity index (χ0n) is 10.8. The lowest BCUT2D eigenvalue weighted by Crippen LogP contribution is -2.17. The van der Waals surface area contributed by atoms with E-state index in [0.29, 0.717) is 0 Å². The van der Waals surface area contributed by atoms with Crippen LogP contribution >= 0.6 is 27.7 Å². The van der Waals surface area contributed by atoms with Crippen LogP contribution in [0.25, 0.3) is 0 Å². The fourth-order valence-electron chi connectivity index (χ4n) is 1.10. The molecule has 16 heavy (non-hydrogen) atoms. The summed E-state index contributed by atoms with van der Waals surface area (Å²) in [6.07, 6.45) is 0. The molecule has 1 aromatic heterocycles. The van der Waals surface area contributed by atoms with Gasteiger partial charge in [0.1, 0.15) is 15.5 Å². The molecule has 0 fully saturated rings. The van der Waals surface area contributed by atoms with E-state index in [-0.39, 0.29) is 10.2 Å². The number of aromatic nitrogens is 2. The normalized spacial score (nSPS) is 12.9. The van der Waals surface area contributed by atoms with Gasteiger partial charge < -0.3 is 0 Å². The number of hydrogen-bond acceptors (Lipinski definition) is 3. The lowest BCUT2D eigenvalue weighted by Gasteiger charge is -2.20. The maximum atomic E-state index is 4.61. The summed E-state index contributed by atoms with van der Waals surface area (Å²) in [4.78, 5) is 9.04. The topological polar surface area (TPSA) is 25.8 Å². The first-order valence-electron chi connectivity index (χ1n) is 5.32. The Hall–Kier alpha value is -0.0900. The van der Waals surface area contributed by atoms with Gasteiger partial charge in [-0.1, -0.05) is 41.5 Å². The summed E-state index contributed by atoms with van der Waals surface area (Å²) >= 11 is 5.21. The smallest absolute Gasteiger partial charge is 0.136 e. The monoisotopic (exact) mass is 302 g/mol. The minimum Gasteiger partial charge on any atom is -0.226 e. The third kappa shape index (κ3) is 4.42. The Morgan fingerprint density at radius 2 is 1.62 bits per heavy atom. The molecule has 0 bridgehead atoms. The molecule has 0 aliphatic rings. The Labute approximate surface area is 111 Å². The van der Waals surface area contributed by atoms with Crippen molar-refractivity contribution in [1.82, 2.24) is 9.97 Å². The van der Waals surface area contributed by atoms with E-state index in [0.717, 1.165) is 15.5 Å². The number of halogens is 1. The molecule has 0 radical (unpaired) electrons. The minimum absolute atomic E-state index is 0.0169. The average Bonchev–Trinajstić information content (AvgIpc) is 1.97. The maximum Gasteiger partial charge on any atom is 0.136 e. The van der Waals surface area contributed by atoms with Crippen LogP contribution < -0.4 is 0 Å². The highest BCUT2D eigenvalue weighted by molar-refractivity contribution is 9.10. The molecule has 0 aromatic carbocycles. The second-order valence-corrected chi connectivity index (χ2v) is 8.48. The molecule has 1 aromatic rings. The van der Waals surface area contributed by atoms with Crippen molar-refractivity contribution in [2.24, 2.45) is 0 Å². The molecule has 0 spiro atoms. The Morgan fingerprint density at radius 3 is 2.06 bits per heavy atom. The highest BCUT2D eigenvalue weighted by Crippen LogP contribution is 2.32. The van der Waals surface area contributed by atoms with E-state index in [1.54, 1.807) is 11.8 Å². The molecule has 0 saturated carbocycles. The van der Waals surface area contributed by atoms with Gasteiger partial charge in [-0.3, -0.25) is 0 Å². The van der Waals surface area contributed by atoms with Crippen LogP contribution in [0.5, 0.6) is 0 Å². The van der Waals surface area contributed by atoms with E-state index >= 15 is 0 Å². The van der Waals surface area contributed by atoms with Crippen molar-refractivity contribution >= 4 is 27.7 Å². The second kappa shape index (κ2) is 4.65. The third-order valence-electron chi connectivity index (χ3n) is 1.75. The largest absolute Gasteiger partial charge is 0.226 e. The number of nitrogens with zero attached hydrogens (tertiary/aromatic N) is 2. The summed E-state index contributed by atoms with van der Waals surface area (Å²) in [6.45, 7) is 12.9. The summed E-state index contributed by atoms with van der Waals surface area (Å²) in [7, 11) is 0. The van der Waals surface area contributed by atoms with Crippen LogP contribution in [-0.4, -0.2) is 14.7 Å². The Bertz CT molecular complexity index is 378. The van der Waals surface area contributed by atoms with Gasteiger partial charge in [-0.15, -0.1) is 11.8 Å². The van der Waals surface area contributed by atoms with E-state index in [2.05, 4.69) is 67.4 Å². The fraction of sp³-hybridized carbons (Fsp3) is 0.667. The van der Waals surface area contributed by atoms with Crippen molar-refractivity contribution in [1.29, 1.82) is 0 Å². The molecule has 0 saturated heterocycles. The van der Waals surface area contributed by atoms with Gasteiger partial charge in [0.05, 0.1) is 0 Å². The Morgan fingerprint density at radius 1 is 1.06 bits per heavy atom. The van der Waals surface area contributed by atoms with E-state index < -0.39 is 0 Å². The number of thioether (sulfide) groups is 1. The van der Waals surface area contributed by atoms with Gasteiger partial charge in [0.25, 0.3) is 0 Å². The molecule has 0 amide bonds.